The van der Waals surface area contributed by atoms with Gasteiger partial charge in [-0.2, -0.15) is 5.10 Å². The number of nitrogens with one attached hydrogen (secondary N) is 2. The van der Waals surface area contributed by atoms with Crippen LogP contribution in [0, 0.1) is 5.82 Å². The lowest BCUT2D eigenvalue weighted by Crippen LogP contribution is -2.34. The Morgan fingerprint density at radius 2 is 1.59 bits per heavy atom. The van der Waals surface area contributed by atoms with Crippen molar-refractivity contribution < 1.29 is 28.2 Å². The van der Waals surface area contributed by atoms with Gasteiger partial charge in [0.15, 0.2) is 0 Å². The lowest BCUT2D eigenvalue weighted by Gasteiger charge is -2.11. The molecule has 0 spiro atoms. The molecule has 4 rings (SSSR count). The first kappa shape index (κ1) is 25.1. The van der Waals surface area contributed by atoms with E-state index in [4.69, 9.17) is 9.47 Å². The Morgan fingerprint density at radius 3 is 2.32 bits per heavy atom. The number of esters is 1. The summed E-state index contributed by atoms with van der Waals surface area (Å²) in [6.45, 7) is -0.345. The minimum Gasteiger partial charge on any atom is -0.497 e. The van der Waals surface area contributed by atoms with Gasteiger partial charge in [-0.15, -0.1) is 0 Å². The van der Waals surface area contributed by atoms with E-state index in [2.05, 4.69) is 15.8 Å². The number of amides is 2. The maximum atomic E-state index is 13.0. The van der Waals surface area contributed by atoms with E-state index in [0.29, 0.717) is 16.9 Å². The number of hydrogen-bond acceptors (Lipinski definition) is 6. The lowest BCUT2D eigenvalue weighted by molar-refractivity contribution is -0.120. The van der Waals surface area contributed by atoms with Crippen molar-refractivity contribution in [3.05, 3.63) is 107 Å². The zero-order valence-corrected chi connectivity index (χ0v) is 19.7. The maximum Gasteiger partial charge on any atom is 0.343 e. The summed E-state index contributed by atoms with van der Waals surface area (Å²) in [5, 5.41) is 8.05. The molecule has 0 aliphatic carbocycles. The average Bonchev–Trinajstić information content (AvgIpc) is 2.93. The second-order valence-electron chi connectivity index (χ2n) is 7.80. The van der Waals surface area contributed by atoms with Crippen LogP contribution in [0.5, 0.6) is 11.5 Å². The van der Waals surface area contributed by atoms with Gasteiger partial charge in [-0.05, 0) is 65.4 Å². The molecule has 0 atom stereocenters. The standard InChI is InChI=1S/C28H22FN3O5/c1-36-22-13-8-20(9-14-22)28(35)37-25-15-10-18-4-2-3-5-23(18)24(25)16-31-32-26(33)17-30-27(34)19-6-11-21(29)12-7-19/h2-16H,17H2,1H3,(H,30,34)(H,32,33)/b31-16+. The van der Waals surface area contributed by atoms with Crippen molar-refractivity contribution in [2.75, 3.05) is 13.7 Å². The number of nitrogens with zero attached hydrogens (tertiary/aromatic N) is 1. The molecule has 8 nitrogen and oxygen atoms in total. The molecule has 0 fully saturated rings. The molecule has 0 saturated heterocycles. The number of hydrazone groups is 1. The minimum absolute atomic E-state index is 0.219. The van der Waals surface area contributed by atoms with Gasteiger partial charge in [0, 0.05) is 11.1 Å². The number of benzene rings is 4. The number of rotatable bonds is 8. The predicted molar refractivity (Wildman–Crippen MR) is 136 cm³/mol. The molecule has 2 amide bonds. The van der Waals surface area contributed by atoms with E-state index in [1.807, 2.05) is 30.3 Å². The summed E-state index contributed by atoms with van der Waals surface area (Å²) >= 11 is 0. The van der Waals surface area contributed by atoms with E-state index in [9.17, 15) is 18.8 Å². The van der Waals surface area contributed by atoms with Crippen LogP contribution in [0.1, 0.15) is 26.3 Å². The van der Waals surface area contributed by atoms with Gasteiger partial charge in [0.2, 0.25) is 0 Å². The van der Waals surface area contributed by atoms with Gasteiger partial charge in [-0.3, -0.25) is 9.59 Å². The van der Waals surface area contributed by atoms with Gasteiger partial charge in [0.25, 0.3) is 11.8 Å². The molecule has 0 unspecified atom stereocenters. The molecular weight excluding hydrogens is 477 g/mol. The molecule has 4 aromatic rings. The highest BCUT2D eigenvalue weighted by Crippen LogP contribution is 2.27. The molecule has 2 N–H and O–H groups in total. The molecule has 0 radical (unpaired) electrons. The molecule has 9 heteroatoms. The van der Waals surface area contributed by atoms with Crippen LogP contribution in [0.2, 0.25) is 0 Å². The Balaban J connectivity index is 1.46. The van der Waals surface area contributed by atoms with Gasteiger partial charge in [0.1, 0.15) is 17.3 Å². The second kappa shape index (κ2) is 11.6. The number of hydrogen-bond donors (Lipinski definition) is 2. The highest BCUT2D eigenvalue weighted by Gasteiger charge is 2.14. The zero-order chi connectivity index (χ0) is 26.2. The normalized spacial score (nSPS) is 10.8. The predicted octanol–water partition coefficient (Wildman–Crippen LogP) is 4.09. The number of carbonyl (C=O) groups excluding carboxylic acids is 3. The number of fused-ring (bicyclic) bond motifs is 1. The van der Waals surface area contributed by atoms with Crippen molar-refractivity contribution in [3.8, 4) is 11.5 Å². The van der Waals surface area contributed by atoms with Crippen LogP contribution in [0.15, 0.2) is 90.0 Å². The van der Waals surface area contributed by atoms with Crippen molar-refractivity contribution in [2.24, 2.45) is 5.10 Å². The average molecular weight is 499 g/mol. The van der Waals surface area contributed by atoms with Crippen LogP contribution in [-0.2, 0) is 4.79 Å². The maximum absolute atomic E-state index is 13.0. The van der Waals surface area contributed by atoms with Gasteiger partial charge >= 0.3 is 5.97 Å². The van der Waals surface area contributed by atoms with E-state index in [0.717, 1.165) is 22.9 Å². The fraction of sp³-hybridized carbons (Fsp3) is 0.0714. The number of methoxy groups -OCH3 is 1. The minimum atomic E-state index is -0.580. The molecule has 0 saturated carbocycles. The highest BCUT2D eigenvalue weighted by molar-refractivity contribution is 6.04. The Hall–Kier alpha value is -5.05. The van der Waals surface area contributed by atoms with E-state index < -0.39 is 23.6 Å². The van der Waals surface area contributed by atoms with Crippen LogP contribution in [0.25, 0.3) is 10.8 Å². The Morgan fingerprint density at radius 1 is 0.892 bits per heavy atom. The molecule has 0 aliphatic heterocycles. The Kier molecular flexibility index (Phi) is 7.85. The number of carbonyl (C=O) groups is 3. The van der Waals surface area contributed by atoms with Crippen LogP contribution < -0.4 is 20.2 Å². The molecular formula is C28H22FN3O5. The number of ether oxygens (including phenoxy) is 2. The van der Waals surface area contributed by atoms with Gasteiger partial charge in [0.05, 0.1) is 25.4 Å². The molecule has 0 aliphatic rings. The van der Waals surface area contributed by atoms with Crippen molar-refractivity contribution in [3.63, 3.8) is 0 Å². The van der Waals surface area contributed by atoms with Crippen LogP contribution in [0.4, 0.5) is 4.39 Å². The summed E-state index contributed by atoms with van der Waals surface area (Å²) in [7, 11) is 1.53. The summed E-state index contributed by atoms with van der Waals surface area (Å²) in [6, 6.07) is 22.3. The lowest BCUT2D eigenvalue weighted by atomic mass is 10.0. The fourth-order valence-corrected chi connectivity index (χ4v) is 3.46. The largest absolute Gasteiger partial charge is 0.497 e. The van der Waals surface area contributed by atoms with Gasteiger partial charge in [-0.25, -0.2) is 14.6 Å². The molecule has 0 aromatic heterocycles. The topological polar surface area (TPSA) is 106 Å². The molecule has 4 aromatic carbocycles. The summed E-state index contributed by atoms with van der Waals surface area (Å²) in [4.78, 5) is 37.0. The smallest absolute Gasteiger partial charge is 0.343 e. The van der Waals surface area contributed by atoms with Gasteiger partial charge in [-0.1, -0.05) is 30.3 Å². The summed E-state index contributed by atoms with van der Waals surface area (Å²) in [5.41, 5.74) is 3.37. The molecule has 37 heavy (non-hydrogen) atoms. The van der Waals surface area contributed by atoms with Crippen LogP contribution >= 0.6 is 0 Å². The summed E-state index contributed by atoms with van der Waals surface area (Å²) in [5.74, 6) is -1.28. The van der Waals surface area contributed by atoms with Crippen molar-refractivity contribution in [2.45, 2.75) is 0 Å². The Labute approximate surface area is 211 Å². The number of halogens is 1. The molecule has 0 heterocycles. The molecule has 0 bridgehead atoms. The third-order valence-corrected chi connectivity index (χ3v) is 5.36. The zero-order valence-electron chi connectivity index (χ0n) is 19.7. The van der Waals surface area contributed by atoms with Crippen LogP contribution in [-0.4, -0.2) is 37.7 Å². The van der Waals surface area contributed by atoms with Crippen molar-refractivity contribution in [1.82, 2.24) is 10.7 Å². The SMILES string of the molecule is COc1ccc(C(=O)Oc2ccc3ccccc3c2/C=N/NC(=O)CNC(=O)c2ccc(F)cc2)cc1. The summed E-state index contributed by atoms with van der Waals surface area (Å²) < 4.78 is 23.8. The first-order chi connectivity index (χ1) is 17.9. The van der Waals surface area contributed by atoms with Crippen molar-refractivity contribution >= 4 is 34.8 Å². The first-order valence-corrected chi connectivity index (χ1v) is 11.2. The third kappa shape index (κ3) is 6.34. The van der Waals surface area contributed by atoms with E-state index >= 15 is 0 Å². The first-order valence-electron chi connectivity index (χ1n) is 11.2. The quantitative estimate of drug-likeness (QED) is 0.164. The third-order valence-electron chi connectivity index (χ3n) is 5.36. The van der Waals surface area contributed by atoms with E-state index in [1.165, 1.54) is 25.5 Å². The van der Waals surface area contributed by atoms with Gasteiger partial charge < -0.3 is 14.8 Å². The fourth-order valence-electron chi connectivity index (χ4n) is 3.46. The highest BCUT2D eigenvalue weighted by atomic mass is 19.1. The van der Waals surface area contributed by atoms with E-state index in [1.54, 1.807) is 30.3 Å². The van der Waals surface area contributed by atoms with Crippen LogP contribution in [0.3, 0.4) is 0 Å². The van der Waals surface area contributed by atoms with E-state index in [-0.39, 0.29) is 17.9 Å². The molecule has 186 valence electrons. The Bertz CT molecular complexity index is 1470. The summed E-state index contributed by atoms with van der Waals surface area (Å²) in [6.07, 6.45) is 1.37. The van der Waals surface area contributed by atoms with Crippen molar-refractivity contribution in [1.29, 1.82) is 0 Å². The monoisotopic (exact) mass is 499 g/mol. The second-order valence-corrected chi connectivity index (χ2v) is 7.80.